The van der Waals surface area contributed by atoms with Crippen molar-refractivity contribution in [3.8, 4) is 0 Å². The summed E-state index contributed by atoms with van der Waals surface area (Å²) >= 11 is 0. The molecule has 1 aliphatic carbocycles. The molecule has 1 aromatic heterocycles. The molecule has 2 aliphatic rings. The average molecular weight is 279 g/mol. The number of aromatic nitrogens is 2. The van der Waals surface area contributed by atoms with Crippen LogP contribution in [0, 0.1) is 5.92 Å². The van der Waals surface area contributed by atoms with Gasteiger partial charge in [-0.05, 0) is 38.1 Å². The molecule has 5 nitrogen and oxygen atoms in total. The molecule has 2 heterocycles. The van der Waals surface area contributed by atoms with Gasteiger partial charge in [0.1, 0.15) is 0 Å². The summed E-state index contributed by atoms with van der Waals surface area (Å²) in [6.45, 7) is 3.85. The van der Waals surface area contributed by atoms with E-state index in [2.05, 4.69) is 15.0 Å². The summed E-state index contributed by atoms with van der Waals surface area (Å²) in [6.07, 6.45) is 7.55. The van der Waals surface area contributed by atoms with Gasteiger partial charge in [0.05, 0.1) is 13.2 Å². The quantitative estimate of drug-likeness (QED) is 0.829. The summed E-state index contributed by atoms with van der Waals surface area (Å²) in [6, 6.07) is 0. The molecule has 0 bridgehead atoms. The summed E-state index contributed by atoms with van der Waals surface area (Å²) in [5.41, 5.74) is 0. The van der Waals surface area contributed by atoms with Gasteiger partial charge in [0.15, 0.2) is 5.82 Å². The first-order valence-corrected chi connectivity index (χ1v) is 7.89. The zero-order valence-corrected chi connectivity index (χ0v) is 12.4. The molecule has 0 radical (unpaired) electrons. The van der Waals surface area contributed by atoms with Crippen LogP contribution in [0.1, 0.15) is 56.2 Å². The molecule has 112 valence electrons. The van der Waals surface area contributed by atoms with E-state index >= 15 is 0 Å². The number of hydrogen-bond acceptors (Lipinski definition) is 5. The Morgan fingerprint density at radius 2 is 2.10 bits per heavy atom. The summed E-state index contributed by atoms with van der Waals surface area (Å²) in [7, 11) is 1.78. The maximum absolute atomic E-state index is 5.44. The van der Waals surface area contributed by atoms with Gasteiger partial charge in [-0.15, -0.1) is 0 Å². The van der Waals surface area contributed by atoms with E-state index in [9.17, 15) is 0 Å². The Labute approximate surface area is 120 Å². The highest BCUT2D eigenvalue weighted by Gasteiger charge is 2.24. The second-order valence-corrected chi connectivity index (χ2v) is 6.23. The number of nitrogens with zero attached hydrogens (tertiary/aromatic N) is 3. The minimum Gasteiger partial charge on any atom is -0.384 e. The third kappa shape index (κ3) is 3.38. The topological polar surface area (TPSA) is 51.4 Å². The van der Waals surface area contributed by atoms with Gasteiger partial charge in [0, 0.05) is 19.6 Å². The van der Waals surface area contributed by atoms with Gasteiger partial charge in [-0.3, -0.25) is 4.90 Å². The van der Waals surface area contributed by atoms with Crippen LogP contribution in [0.15, 0.2) is 4.52 Å². The van der Waals surface area contributed by atoms with E-state index < -0.39 is 0 Å². The van der Waals surface area contributed by atoms with Crippen molar-refractivity contribution < 1.29 is 9.26 Å². The van der Waals surface area contributed by atoms with Gasteiger partial charge in [-0.25, -0.2) is 0 Å². The molecule has 1 aliphatic heterocycles. The summed E-state index contributed by atoms with van der Waals surface area (Å²) in [5.74, 6) is 2.90. The van der Waals surface area contributed by atoms with Gasteiger partial charge in [0.2, 0.25) is 5.89 Å². The summed E-state index contributed by atoms with van der Waals surface area (Å²) in [4.78, 5) is 7.02. The number of methoxy groups -OCH3 is 1. The molecule has 5 heteroatoms. The van der Waals surface area contributed by atoms with Crippen LogP contribution in [-0.2, 0) is 11.3 Å². The summed E-state index contributed by atoms with van der Waals surface area (Å²) in [5, 5.41) is 4.18. The highest BCUT2D eigenvalue weighted by atomic mass is 16.5. The lowest BCUT2D eigenvalue weighted by molar-refractivity contribution is 0.0820. The van der Waals surface area contributed by atoms with Gasteiger partial charge >= 0.3 is 0 Å². The van der Waals surface area contributed by atoms with Crippen LogP contribution in [0.3, 0.4) is 0 Å². The molecular weight excluding hydrogens is 254 g/mol. The SMILES string of the molecule is COCC1CCCN(Cc2nc(C3CCCC3)no2)C1. The molecule has 0 aromatic carbocycles. The van der Waals surface area contributed by atoms with E-state index in [0.717, 1.165) is 38.0 Å². The van der Waals surface area contributed by atoms with Crippen molar-refractivity contribution in [1.29, 1.82) is 0 Å². The second kappa shape index (κ2) is 6.68. The molecule has 2 fully saturated rings. The zero-order chi connectivity index (χ0) is 13.8. The van der Waals surface area contributed by atoms with Crippen molar-refractivity contribution in [2.24, 2.45) is 5.92 Å². The van der Waals surface area contributed by atoms with E-state index in [1.807, 2.05) is 0 Å². The molecule has 1 unspecified atom stereocenters. The van der Waals surface area contributed by atoms with Crippen LogP contribution in [0.25, 0.3) is 0 Å². The maximum Gasteiger partial charge on any atom is 0.240 e. The van der Waals surface area contributed by atoms with Crippen LogP contribution in [0.5, 0.6) is 0 Å². The molecule has 3 rings (SSSR count). The normalized spacial score (nSPS) is 25.4. The third-order valence-corrected chi connectivity index (χ3v) is 4.57. The molecule has 0 spiro atoms. The van der Waals surface area contributed by atoms with Gasteiger partial charge in [-0.1, -0.05) is 18.0 Å². The largest absolute Gasteiger partial charge is 0.384 e. The molecule has 0 N–H and O–H groups in total. The molecule has 0 amide bonds. The number of ether oxygens (including phenoxy) is 1. The number of likely N-dealkylation sites (tertiary alicyclic amines) is 1. The number of piperidine rings is 1. The van der Waals surface area contributed by atoms with Gasteiger partial charge < -0.3 is 9.26 Å². The fourth-order valence-electron chi connectivity index (χ4n) is 3.54. The average Bonchev–Trinajstić information content (AvgIpc) is 3.10. The van der Waals surface area contributed by atoms with Crippen LogP contribution < -0.4 is 0 Å². The Kier molecular flexibility index (Phi) is 4.68. The van der Waals surface area contributed by atoms with Crippen molar-refractivity contribution in [1.82, 2.24) is 15.0 Å². The van der Waals surface area contributed by atoms with E-state index in [-0.39, 0.29) is 0 Å². The Morgan fingerprint density at radius 3 is 2.90 bits per heavy atom. The zero-order valence-electron chi connectivity index (χ0n) is 12.4. The monoisotopic (exact) mass is 279 g/mol. The lowest BCUT2D eigenvalue weighted by Gasteiger charge is -2.31. The van der Waals surface area contributed by atoms with E-state index in [1.54, 1.807) is 7.11 Å². The Morgan fingerprint density at radius 1 is 1.25 bits per heavy atom. The first-order valence-electron chi connectivity index (χ1n) is 7.89. The fourth-order valence-corrected chi connectivity index (χ4v) is 3.54. The Balaban J connectivity index is 1.54. The van der Waals surface area contributed by atoms with E-state index in [0.29, 0.717) is 11.8 Å². The summed E-state index contributed by atoms with van der Waals surface area (Å²) < 4.78 is 10.7. The minimum atomic E-state index is 0.537. The van der Waals surface area contributed by atoms with E-state index in [1.165, 1.54) is 38.5 Å². The third-order valence-electron chi connectivity index (χ3n) is 4.57. The predicted molar refractivity (Wildman–Crippen MR) is 75.4 cm³/mol. The lowest BCUT2D eigenvalue weighted by atomic mass is 9.99. The molecule has 1 atom stereocenters. The molecular formula is C15H25N3O2. The maximum atomic E-state index is 5.44. The highest BCUT2D eigenvalue weighted by molar-refractivity contribution is 4.98. The van der Waals surface area contributed by atoms with Crippen LogP contribution >= 0.6 is 0 Å². The minimum absolute atomic E-state index is 0.537. The Hall–Kier alpha value is -0.940. The predicted octanol–water partition coefficient (Wildman–Crippen LogP) is 2.59. The van der Waals surface area contributed by atoms with Crippen molar-refractivity contribution in [2.45, 2.75) is 51.0 Å². The van der Waals surface area contributed by atoms with Gasteiger partial charge in [0.25, 0.3) is 0 Å². The molecule has 1 saturated heterocycles. The highest BCUT2D eigenvalue weighted by Crippen LogP contribution is 2.32. The first kappa shape index (κ1) is 14.0. The van der Waals surface area contributed by atoms with Crippen molar-refractivity contribution in [3.63, 3.8) is 0 Å². The van der Waals surface area contributed by atoms with Gasteiger partial charge in [-0.2, -0.15) is 4.98 Å². The molecule has 20 heavy (non-hydrogen) atoms. The number of hydrogen-bond donors (Lipinski definition) is 0. The first-order chi connectivity index (χ1) is 9.85. The van der Waals surface area contributed by atoms with Crippen LogP contribution in [0.2, 0.25) is 0 Å². The fraction of sp³-hybridized carbons (Fsp3) is 0.867. The van der Waals surface area contributed by atoms with E-state index in [4.69, 9.17) is 9.26 Å². The molecule has 1 aromatic rings. The van der Waals surface area contributed by atoms with Crippen molar-refractivity contribution >= 4 is 0 Å². The number of rotatable bonds is 5. The second-order valence-electron chi connectivity index (χ2n) is 6.23. The smallest absolute Gasteiger partial charge is 0.240 e. The van der Waals surface area contributed by atoms with Crippen LogP contribution in [0.4, 0.5) is 0 Å². The lowest BCUT2D eigenvalue weighted by Crippen LogP contribution is -2.36. The Bertz CT molecular complexity index is 413. The standard InChI is InChI=1S/C15H25N3O2/c1-19-11-12-5-4-8-18(9-12)10-14-16-15(17-20-14)13-6-2-3-7-13/h12-13H,2-11H2,1H3. The van der Waals surface area contributed by atoms with Crippen molar-refractivity contribution in [2.75, 3.05) is 26.8 Å². The van der Waals surface area contributed by atoms with Crippen molar-refractivity contribution in [3.05, 3.63) is 11.7 Å². The molecule has 1 saturated carbocycles. The van der Waals surface area contributed by atoms with Crippen LogP contribution in [-0.4, -0.2) is 41.8 Å².